The normalized spacial score (nSPS) is 12.6. The van der Waals surface area contributed by atoms with Gasteiger partial charge in [0, 0.05) is 28.7 Å². The maximum atomic E-state index is 6.15. The first kappa shape index (κ1) is 10.9. The number of nitrogens with zero attached hydrogens (tertiary/aromatic N) is 1. The van der Waals surface area contributed by atoms with Crippen molar-refractivity contribution >= 4 is 33.7 Å². The third-order valence-electron chi connectivity index (χ3n) is 3.86. The standard InChI is InChI=1S/C17H12ClN/c1-19-15-7-3-5-11-4-2-6-14(17(11)15)13-9-8-12(18)10-16(13)19/h2-10H,1H3. The van der Waals surface area contributed by atoms with Crippen molar-refractivity contribution in [2.24, 2.45) is 0 Å². The highest BCUT2D eigenvalue weighted by Crippen LogP contribution is 2.47. The molecule has 0 aliphatic carbocycles. The van der Waals surface area contributed by atoms with Gasteiger partial charge in [0.1, 0.15) is 0 Å². The van der Waals surface area contributed by atoms with Crippen molar-refractivity contribution in [3.8, 4) is 11.1 Å². The molecular formula is C17H12ClN. The third-order valence-corrected chi connectivity index (χ3v) is 4.09. The maximum Gasteiger partial charge on any atom is 0.0503 e. The highest BCUT2D eigenvalue weighted by Gasteiger charge is 2.21. The molecule has 0 N–H and O–H groups in total. The van der Waals surface area contributed by atoms with Crippen molar-refractivity contribution in [1.29, 1.82) is 0 Å². The minimum atomic E-state index is 0.775. The van der Waals surface area contributed by atoms with Gasteiger partial charge in [0.25, 0.3) is 0 Å². The average Bonchev–Trinajstić information content (AvgIpc) is 2.44. The lowest BCUT2D eigenvalue weighted by Crippen LogP contribution is -2.14. The summed E-state index contributed by atoms with van der Waals surface area (Å²) >= 11 is 6.15. The first-order valence-corrected chi connectivity index (χ1v) is 6.69. The van der Waals surface area contributed by atoms with Crippen molar-refractivity contribution in [3.63, 3.8) is 0 Å². The zero-order valence-electron chi connectivity index (χ0n) is 10.5. The Morgan fingerprint density at radius 1 is 0.842 bits per heavy atom. The number of benzene rings is 3. The summed E-state index contributed by atoms with van der Waals surface area (Å²) in [6.45, 7) is 0. The molecule has 1 aliphatic heterocycles. The van der Waals surface area contributed by atoms with E-state index < -0.39 is 0 Å². The van der Waals surface area contributed by atoms with Crippen LogP contribution in [0.4, 0.5) is 11.4 Å². The second kappa shape index (κ2) is 3.75. The lowest BCUT2D eigenvalue weighted by Gasteiger charge is -2.30. The van der Waals surface area contributed by atoms with Gasteiger partial charge in [-0.3, -0.25) is 0 Å². The van der Waals surface area contributed by atoms with Crippen molar-refractivity contribution in [2.45, 2.75) is 0 Å². The molecule has 0 unspecified atom stereocenters. The quantitative estimate of drug-likeness (QED) is 0.537. The van der Waals surface area contributed by atoms with Gasteiger partial charge in [0.2, 0.25) is 0 Å². The summed E-state index contributed by atoms with van der Waals surface area (Å²) in [6.07, 6.45) is 0. The molecule has 0 amide bonds. The first-order valence-electron chi connectivity index (χ1n) is 6.31. The van der Waals surface area contributed by atoms with E-state index in [9.17, 15) is 0 Å². The molecule has 3 aromatic carbocycles. The molecule has 0 atom stereocenters. The van der Waals surface area contributed by atoms with E-state index in [2.05, 4.69) is 54.4 Å². The molecule has 0 saturated heterocycles. The van der Waals surface area contributed by atoms with Crippen molar-refractivity contribution in [1.82, 2.24) is 0 Å². The first-order chi connectivity index (χ1) is 9.25. The van der Waals surface area contributed by atoms with E-state index >= 15 is 0 Å². The molecule has 2 heteroatoms. The van der Waals surface area contributed by atoms with Crippen molar-refractivity contribution in [2.75, 3.05) is 11.9 Å². The van der Waals surface area contributed by atoms with Crippen LogP contribution in [0.1, 0.15) is 0 Å². The van der Waals surface area contributed by atoms with Gasteiger partial charge in [0.05, 0.1) is 5.69 Å². The molecule has 1 nitrogen and oxygen atoms in total. The molecular weight excluding hydrogens is 254 g/mol. The lowest BCUT2D eigenvalue weighted by atomic mass is 9.92. The maximum absolute atomic E-state index is 6.15. The second-order valence-electron chi connectivity index (χ2n) is 4.90. The molecule has 1 heterocycles. The largest absolute Gasteiger partial charge is 0.344 e. The minimum absolute atomic E-state index is 0.775. The van der Waals surface area contributed by atoms with Gasteiger partial charge >= 0.3 is 0 Å². The fourth-order valence-electron chi connectivity index (χ4n) is 2.96. The Bertz CT molecular complexity index is 802. The van der Waals surface area contributed by atoms with Crippen molar-refractivity contribution < 1.29 is 0 Å². The summed E-state index contributed by atoms with van der Waals surface area (Å²) in [5.41, 5.74) is 4.94. The van der Waals surface area contributed by atoms with E-state index in [1.807, 2.05) is 12.1 Å². The number of rotatable bonds is 0. The fourth-order valence-corrected chi connectivity index (χ4v) is 3.13. The van der Waals surface area contributed by atoms with Crippen molar-refractivity contribution in [3.05, 3.63) is 59.6 Å². The van der Waals surface area contributed by atoms with E-state index in [1.165, 1.54) is 33.3 Å². The molecule has 0 aromatic heterocycles. The number of hydrogen-bond donors (Lipinski definition) is 0. The zero-order valence-corrected chi connectivity index (χ0v) is 11.3. The molecule has 92 valence electrons. The van der Waals surface area contributed by atoms with E-state index in [4.69, 9.17) is 11.6 Å². The topological polar surface area (TPSA) is 3.24 Å². The smallest absolute Gasteiger partial charge is 0.0503 e. The average molecular weight is 266 g/mol. The van der Waals surface area contributed by atoms with Crippen LogP contribution in [0.3, 0.4) is 0 Å². The van der Waals surface area contributed by atoms with E-state index in [0.717, 1.165) is 5.02 Å². The Morgan fingerprint density at radius 2 is 1.63 bits per heavy atom. The summed E-state index contributed by atoms with van der Waals surface area (Å²) in [6, 6.07) is 19.0. The van der Waals surface area contributed by atoms with Gasteiger partial charge < -0.3 is 4.90 Å². The fraction of sp³-hybridized carbons (Fsp3) is 0.0588. The van der Waals surface area contributed by atoms with Crippen LogP contribution in [0, 0.1) is 0 Å². The number of hydrogen-bond acceptors (Lipinski definition) is 1. The Hall–Kier alpha value is -1.99. The van der Waals surface area contributed by atoms with Crippen LogP contribution >= 0.6 is 11.6 Å². The van der Waals surface area contributed by atoms with E-state index in [0.29, 0.717) is 0 Å². The molecule has 0 fully saturated rings. The van der Waals surface area contributed by atoms with Crippen LogP contribution < -0.4 is 4.90 Å². The summed E-state index contributed by atoms with van der Waals surface area (Å²) in [4.78, 5) is 2.22. The molecule has 0 spiro atoms. The molecule has 19 heavy (non-hydrogen) atoms. The van der Waals surface area contributed by atoms with Crippen LogP contribution in [0.2, 0.25) is 5.02 Å². The zero-order chi connectivity index (χ0) is 13.0. The second-order valence-corrected chi connectivity index (χ2v) is 5.34. The summed E-state index contributed by atoms with van der Waals surface area (Å²) in [7, 11) is 2.10. The minimum Gasteiger partial charge on any atom is -0.344 e. The summed E-state index contributed by atoms with van der Waals surface area (Å²) < 4.78 is 0. The Kier molecular flexibility index (Phi) is 2.15. The van der Waals surface area contributed by atoms with E-state index in [-0.39, 0.29) is 0 Å². The summed E-state index contributed by atoms with van der Waals surface area (Å²) in [5, 5.41) is 3.38. The van der Waals surface area contributed by atoms with Crippen LogP contribution in [0.15, 0.2) is 54.6 Å². The van der Waals surface area contributed by atoms with Gasteiger partial charge in [-0.2, -0.15) is 0 Å². The molecule has 3 aromatic rings. The highest BCUT2D eigenvalue weighted by molar-refractivity contribution is 6.31. The Balaban J connectivity index is 2.20. The summed E-state index contributed by atoms with van der Waals surface area (Å²) in [5.74, 6) is 0. The molecule has 1 aliphatic rings. The molecule has 0 saturated carbocycles. The van der Waals surface area contributed by atoms with Gasteiger partial charge in [0.15, 0.2) is 0 Å². The van der Waals surface area contributed by atoms with Gasteiger partial charge in [-0.1, -0.05) is 48.0 Å². The molecule has 0 bridgehead atoms. The number of anilines is 2. The monoisotopic (exact) mass is 265 g/mol. The Morgan fingerprint density at radius 3 is 2.47 bits per heavy atom. The van der Waals surface area contributed by atoms with Gasteiger partial charge in [-0.05, 0) is 29.1 Å². The number of fused-ring (bicyclic) bond motifs is 2. The lowest BCUT2D eigenvalue weighted by molar-refractivity contribution is 1.21. The Labute approximate surface area is 117 Å². The predicted octanol–water partition coefficient (Wildman–Crippen LogP) is 5.24. The predicted molar refractivity (Wildman–Crippen MR) is 82.5 cm³/mol. The van der Waals surface area contributed by atoms with E-state index in [1.54, 1.807) is 0 Å². The van der Waals surface area contributed by atoms with Crippen LogP contribution in [0.25, 0.3) is 21.9 Å². The van der Waals surface area contributed by atoms with Crippen LogP contribution in [-0.2, 0) is 0 Å². The van der Waals surface area contributed by atoms with Gasteiger partial charge in [-0.15, -0.1) is 0 Å². The SMILES string of the molecule is CN1c2cc(Cl)ccc2-c2cccc3cccc1c23. The highest BCUT2D eigenvalue weighted by atomic mass is 35.5. The van der Waals surface area contributed by atoms with Gasteiger partial charge in [-0.25, -0.2) is 0 Å². The van der Waals surface area contributed by atoms with Crippen LogP contribution in [-0.4, -0.2) is 7.05 Å². The molecule has 0 radical (unpaired) electrons. The van der Waals surface area contributed by atoms with Crippen LogP contribution in [0.5, 0.6) is 0 Å². The molecule has 4 rings (SSSR count). The number of halogens is 1. The third kappa shape index (κ3) is 1.42.